The third-order valence-corrected chi connectivity index (χ3v) is 4.27. The molecule has 0 aromatic heterocycles. The highest BCUT2D eigenvalue weighted by molar-refractivity contribution is 5.77. The fourth-order valence-electron chi connectivity index (χ4n) is 2.68. The molecule has 0 saturated heterocycles. The second-order valence-electron chi connectivity index (χ2n) is 7.47. The summed E-state index contributed by atoms with van der Waals surface area (Å²) in [5.74, 6) is 0.0781. The number of esters is 2. The Balaban J connectivity index is 3.53. The van der Waals surface area contributed by atoms with Gasteiger partial charge in [-0.15, -0.1) is 0 Å². The minimum absolute atomic E-state index is 0.0741. The molecule has 148 valence electrons. The molecule has 0 heterocycles. The van der Waals surface area contributed by atoms with Crippen molar-refractivity contribution in [2.24, 2.45) is 5.92 Å². The van der Waals surface area contributed by atoms with Crippen LogP contribution in [0.5, 0.6) is 0 Å². The molecular weight excluding hydrogens is 316 g/mol. The van der Waals surface area contributed by atoms with Crippen molar-refractivity contribution in [1.82, 2.24) is 0 Å². The first-order valence-corrected chi connectivity index (χ1v) is 10.3. The largest absolute Gasteiger partial charge is 0.466 e. The van der Waals surface area contributed by atoms with Gasteiger partial charge in [-0.05, 0) is 32.1 Å². The van der Waals surface area contributed by atoms with Crippen molar-refractivity contribution in [2.75, 3.05) is 6.61 Å². The smallest absolute Gasteiger partial charge is 0.306 e. The summed E-state index contributed by atoms with van der Waals surface area (Å²) < 4.78 is 10.5. The lowest BCUT2D eigenvalue weighted by Gasteiger charge is -2.13. The van der Waals surface area contributed by atoms with Crippen molar-refractivity contribution in [3.05, 3.63) is 0 Å². The third-order valence-electron chi connectivity index (χ3n) is 4.27. The predicted molar refractivity (Wildman–Crippen MR) is 102 cm³/mol. The average Bonchev–Trinajstić information content (AvgIpc) is 2.55. The van der Waals surface area contributed by atoms with E-state index in [4.69, 9.17) is 9.47 Å². The van der Waals surface area contributed by atoms with E-state index in [0.29, 0.717) is 12.5 Å². The molecule has 1 atom stereocenters. The van der Waals surface area contributed by atoms with Gasteiger partial charge in [0.15, 0.2) is 0 Å². The summed E-state index contributed by atoms with van der Waals surface area (Å²) in [6, 6.07) is 0. The molecule has 0 fully saturated rings. The van der Waals surface area contributed by atoms with Crippen LogP contribution in [0.4, 0.5) is 0 Å². The molecule has 1 unspecified atom stereocenters. The van der Waals surface area contributed by atoms with Crippen LogP contribution in [0.3, 0.4) is 0 Å². The first-order chi connectivity index (χ1) is 12.0. The van der Waals surface area contributed by atoms with Crippen LogP contribution in [-0.2, 0) is 19.1 Å². The summed E-state index contributed by atoms with van der Waals surface area (Å²) in [5, 5.41) is 0. The molecule has 0 aliphatic carbocycles. The molecule has 25 heavy (non-hydrogen) atoms. The number of rotatable bonds is 16. The zero-order valence-electron chi connectivity index (χ0n) is 17.0. The maximum atomic E-state index is 11.7. The highest BCUT2D eigenvalue weighted by atomic mass is 16.5. The second kappa shape index (κ2) is 16.4. The Labute approximate surface area is 155 Å². The second-order valence-corrected chi connectivity index (χ2v) is 7.47. The maximum Gasteiger partial charge on any atom is 0.306 e. The number of hydrogen-bond acceptors (Lipinski definition) is 4. The van der Waals surface area contributed by atoms with E-state index in [2.05, 4.69) is 20.8 Å². The lowest BCUT2D eigenvalue weighted by Crippen LogP contribution is -2.16. The molecule has 0 amide bonds. The fraction of sp³-hybridized carbons (Fsp3) is 0.905. The highest BCUT2D eigenvalue weighted by Crippen LogP contribution is 2.11. The van der Waals surface area contributed by atoms with Gasteiger partial charge in [-0.3, -0.25) is 9.59 Å². The summed E-state index contributed by atoms with van der Waals surface area (Å²) in [4.78, 5) is 23.4. The van der Waals surface area contributed by atoms with Gasteiger partial charge in [0.05, 0.1) is 25.6 Å². The minimum atomic E-state index is -0.301. The quantitative estimate of drug-likeness (QED) is 0.258. The lowest BCUT2D eigenvalue weighted by atomic mass is 10.0. The summed E-state index contributed by atoms with van der Waals surface area (Å²) >= 11 is 0. The van der Waals surface area contributed by atoms with Crippen LogP contribution < -0.4 is 0 Å². The highest BCUT2D eigenvalue weighted by Gasteiger charge is 2.12. The molecule has 0 bridgehead atoms. The van der Waals surface area contributed by atoms with Gasteiger partial charge in [0.1, 0.15) is 0 Å². The zero-order valence-corrected chi connectivity index (χ0v) is 17.0. The molecule has 0 aliphatic rings. The van der Waals surface area contributed by atoms with Gasteiger partial charge in [0.2, 0.25) is 0 Å². The van der Waals surface area contributed by atoms with Gasteiger partial charge in [0, 0.05) is 0 Å². The topological polar surface area (TPSA) is 52.6 Å². The standard InChI is InChI=1S/C21H40O4/c1-5-6-7-8-9-10-11-17-24-20(22)15-16-21(23)25-19(4)14-12-13-18(2)3/h18-19H,5-17H2,1-4H3. The fourth-order valence-corrected chi connectivity index (χ4v) is 2.68. The minimum Gasteiger partial charge on any atom is -0.466 e. The van der Waals surface area contributed by atoms with Crippen LogP contribution in [0, 0.1) is 5.92 Å². The molecule has 0 spiro atoms. The SMILES string of the molecule is CCCCCCCCCOC(=O)CCC(=O)OC(C)CCCC(C)C. The summed E-state index contributed by atoms with van der Waals surface area (Å²) in [6.07, 6.45) is 11.6. The maximum absolute atomic E-state index is 11.7. The molecule has 0 aromatic carbocycles. The Kier molecular flexibility index (Phi) is 15.7. The summed E-state index contributed by atoms with van der Waals surface area (Å²) in [7, 11) is 0. The van der Waals surface area contributed by atoms with Gasteiger partial charge in [-0.2, -0.15) is 0 Å². The van der Waals surface area contributed by atoms with E-state index < -0.39 is 0 Å². The molecule has 0 aromatic rings. The Morgan fingerprint density at radius 2 is 1.36 bits per heavy atom. The molecule has 4 nitrogen and oxygen atoms in total. The van der Waals surface area contributed by atoms with Gasteiger partial charge in [-0.25, -0.2) is 0 Å². The van der Waals surface area contributed by atoms with E-state index >= 15 is 0 Å². The molecular formula is C21H40O4. The Morgan fingerprint density at radius 1 is 0.760 bits per heavy atom. The van der Waals surface area contributed by atoms with E-state index in [1.807, 2.05) is 6.92 Å². The van der Waals surface area contributed by atoms with Crippen LogP contribution in [0.2, 0.25) is 0 Å². The van der Waals surface area contributed by atoms with Crippen LogP contribution in [0.25, 0.3) is 0 Å². The molecule has 0 saturated carbocycles. The van der Waals surface area contributed by atoms with Crippen LogP contribution in [0.15, 0.2) is 0 Å². The van der Waals surface area contributed by atoms with Crippen molar-refractivity contribution in [3.63, 3.8) is 0 Å². The van der Waals surface area contributed by atoms with Crippen LogP contribution >= 0.6 is 0 Å². The van der Waals surface area contributed by atoms with Crippen molar-refractivity contribution < 1.29 is 19.1 Å². The normalized spacial score (nSPS) is 12.2. The van der Waals surface area contributed by atoms with Crippen LogP contribution in [0.1, 0.15) is 105 Å². The zero-order chi connectivity index (χ0) is 18.9. The average molecular weight is 357 g/mol. The van der Waals surface area contributed by atoms with Crippen molar-refractivity contribution >= 4 is 11.9 Å². The van der Waals surface area contributed by atoms with Crippen molar-refractivity contribution in [3.8, 4) is 0 Å². The van der Waals surface area contributed by atoms with Crippen molar-refractivity contribution in [1.29, 1.82) is 0 Å². The monoisotopic (exact) mass is 356 g/mol. The lowest BCUT2D eigenvalue weighted by molar-refractivity contribution is -0.153. The number of carbonyl (C=O) groups is 2. The summed E-state index contributed by atoms with van der Waals surface area (Å²) in [5.41, 5.74) is 0. The Hall–Kier alpha value is -1.06. The van der Waals surface area contributed by atoms with Gasteiger partial charge in [-0.1, -0.05) is 65.7 Å². The first-order valence-electron chi connectivity index (χ1n) is 10.3. The number of carbonyl (C=O) groups excluding carboxylic acids is 2. The molecule has 0 aliphatic heterocycles. The van der Waals surface area contributed by atoms with E-state index in [1.54, 1.807) is 0 Å². The third kappa shape index (κ3) is 17.6. The Morgan fingerprint density at radius 3 is 2.00 bits per heavy atom. The molecule has 0 rings (SSSR count). The molecule has 4 heteroatoms. The predicted octanol–water partition coefficient (Wildman–Crippen LogP) is 5.82. The van der Waals surface area contributed by atoms with Gasteiger partial charge < -0.3 is 9.47 Å². The van der Waals surface area contributed by atoms with Crippen molar-refractivity contribution in [2.45, 2.75) is 111 Å². The van der Waals surface area contributed by atoms with E-state index in [0.717, 1.165) is 32.1 Å². The number of hydrogen-bond donors (Lipinski definition) is 0. The Bertz CT molecular complexity index is 339. The summed E-state index contributed by atoms with van der Waals surface area (Å²) in [6.45, 7) is 8.97. The van der Waals surface area contributed by atoms with E-state index in [1.165, 1.54) is 32.1 Å². The van der Waals surface area contributed by atoms with Gasteiger partial charge in [0.25, 0.3) is 0 Å². The molecule has 0 radical (unpaired) electrons. The van der Waals surface area contributed by atoms with E-state index in [9.17, 15) is 9.59 Å². The molecule has 0 N–H and O–H groups in total. The number of ether oxygens (including phenoxy) is 2. The van der Waals surface area contributed by atoms with Crippen LogP contribution in [-0.4, -0.2) is 24.6 Å². The van der Waals surface area contributed by atoms with Gasteiger partial charge >= 0.3 is 11.9 Å². The number of unbranched alkanes of at least 4 members (excludes halogenated alkanes) is 6. The first kappa shape index (κ1) is 23.9. The van der Waals surface area contributed by atoms with E-state index in [-0.39, 0.29) is 30.9 Å².